The van der Waals surface area contributed by atoms with E-state index in [0.29, 0.717) is 35.2 Å². The number of amides is 1. The maximum absolute atomic E-state index is 12.6. The van der Waals surface area contributed by atoms with E-state index in [0.717, 1.165) is 12.1 Å². The molecule has 0 bridgehead atoms. The molecule has 7 nitrogen and oxygen atoms in total. The molecule has 0 saturated heterocycles. The highest BCUT2D eigenvalue weighted by Gasteiger charge is 2.33. The minimum atomic E-state index is -3.20. The molecule has 1 aromatic heterocycles. The van der Waals surface area contributed by atoms with E-state index in [1.165, 1.54) is 25.7 Å². The molecule has 28 heavy (non-hydrogen) atoms. The molecule has 1 amide bonds. The topological polar surface area (TPSA) is 90.3 Å². The molecule has 8 heteroatoms. The molecule has 1 N–H and O–H groups in total. The molecular weight excluding hydrogens is 378 g/mol. The number of sulfone groups is 1. The minimum absolute atomic E-state index is 0.0866. The number of anilines is 1. The molecule has 1 aliphatic carbocycles. The summed E-state index contributed by atoms with van der Waals surface area (Å²) in [5.41, 5.74) is 1.87. The highest BCUT2D eigenvalue weighted by atomic mass is 32.2. The summed E-state index contributed by atoms with van der Waals surface area (Å²) in [5.74, 6) is 1.55. The zero-order valence-electron chi connectivity index (χ0n) is 16.0. The Morgan fingerprint density at radius 1 is 1.21 bits per heavy atom. The van der Waals surface area contributed by atoms with Gasteiger partial charge in [-0.25, -0.2) is 13.1 Å². The second-order valence-corrected chi connectivity index (χ2v) is 9.72. The minimum Gasteiger partial charge on any atom is -0.497 e. The van der Waals surface area contributed by atoms with Gasteiger partial charge in [-0.15, -0.1) is 0 Å². The Morgan fingerprint density at radius 3 is 2.61 bits per heavy atom. The van der Waals surface area contributed by atoms with Gasteiger partial charge in [0.15, 0.2) is 9.84 Å². The normalized spacial score (nSPS) is 18.2. The average Bonchev–Trinajstić information content (AvgIpc) is 3.36. The highest BCUT2D eigenvalue weighted by molar-refractivity contribution is 7.90. The van der Waals surface area contributed by atoms with Crippen molar-refractivity contribution in [2.24, 2.45) is 5.92 Å². The van der Waals surface area contributed by atoms with Crippen molar-refractivity contribution >= 4 is 21.6 Å². The van der Waals surface area contributed by atoms with Gasteiger partial charge in [-0.3, -0.25) is 4.79 Å². The lowest BCUT2D eigenvalue weighted by atomic mass is 10.0. The number of carbonyl (C=O) groups is 1. The Kier molecular flexibility index (Phi) is 5.14. The SMILES string of the molecule is COc1ccc(-n2nc3c(c2NC(=O)CCC2CCCC2)CS(=O)(=O)C3)cc1. The summed E-state index contributed by atoms with van der Waals surface area (Å²) >= 11 is 0. The maximum atomic E-state index is 12.6. The summed E-state index contributed by atoms with van der Waals surface area (Å²) in [5, 5.41) is 7.43. The summed E-state index contributed by atoms with van der Waals surface area (Å²) in [4.78, 5) is 12.6. The molecule has 1 aromatic carbocycles. The number of benzene rings is 1. The molecule has 2 heterocycles. The molecule has 1 aliphatic heterocycles. The van der Waals surface area contributed by atoms with Crippen molar-refractivity contribution in [3.8, 4) is 11.4 Å². The Hall–Kier alpha value is -2.35. The van der Waals surface area contributed by atoms with E-state index < -0.39 is 9.84 Å². The van der Waals surface area contributed by atoms with Crippen LogP contribution in [-0.4, -0.2) is 31.2 Å². The largest absolute Gasteiger partial charge is 0.497 e. The van der Waals surface area contributed by atoms with Gasteiger partial charge in [0.1, 0.15) is 11.6 Å². The number of ether oxygens (including phenoxy) is 1. The number of nitrogens with one attached hydrogen (secondary N) is 1. The predicted octanol–water partition coefficient (Wildman–Crippen LogP) is 3.22. The van der Waals surface area contributed by atoms with Crippen molar-refractivity contribution in [3.63, 3.8) is 0 Å². The molecule has 4 rings (SSSR count). The lowest BCUT2D eigenvalue weighted by Gasteiger charge is -2.13. The fourth-order valence-corrected chi connectivity index (χ4v) is 5.60. The molecule has 150 valence electrons. The summed E-state index contributed by atoms with van der Waals surface area (Å²) in [6, 6.07) is 7.29. The predicted molar refractivity (Wildman–Crippen MR) is 106 cm³/mol. The first-order valence-corrected chi connectivity index (χ1v) is 11.5. The van der Waals surface area contributed by atoms with Crippen molar-refractivity contribution in [1.82, 2.24) is 9.78 Å². The maximum Gasteiger partial charge on any atom is 0.225 e. The van der Waals surface area contributed by atoms with Crippen LogP contribution in [0.1, 0.15) is 49.8 Å². The van der Waals surface area contributed by atoms with E-state index in [2.05, 4.69) is 10.4 Å². The summed E-state index contributed by atoms with van der Waals surface area (Å²) in [7, 11) is -1.61. The first-order valence-electron chi connectivity index (χ1n) is 9.70. The van der Waals surface area contributed by atoms with Crippen LogP contribution in [0.4, 0.5) is 5.82 Å². The van der Waals surface area contributed by atoms with Crippen LogP contribution in [0.15, 0.2) is 24.3 Å². The number of nitrogens with zero attached hydrogens (tertiary/aromatic N) is 2. The molecule has 0 unspecified atom stereocenters. The molecule has 2 aromatic rings. The van der Waals surface area contributed by atoms with Crippen LogP contribution in [0, 0.1) is 5.92 Å². The van der Waals surface area contributed by atoms with Crippen LogP contribution in [0.25, 0.3) is 5.69 Å². The average molecular weight is 404 g/mol. The standard InChI is InChI=1S/C20H25N3O4S/c1-27-16-9-7-15(8-10-16)23-20(17-12-28(25,26)13-18(17)22-23)21-19(24)11-6-14-4-2-3-5-14/h7-10,14H,2-6,11-13H2,1H3,(H,21,24). The summed E-state index contributed by atoms with van der Waals surface area (Å²) < 4.78 is 30.9. The number of aromatic nitrogens is 2. The zero-order chi connectivity index (χ0) is 19.7. The molecular formula is C20H25N3O4S. The smallest absolute Gasteiger partial charge is 0.225 e. The van der Waals surface area contributed by atoms with Crippen molar-refractivity contribution in [3.05, 3.63) is 35.5 Å². The van der Waals surface area contributed by atoms with Crippen molar-refractivity contribution < 1.29 is 17.9 Å². The number of fused-ring (bicyclic) bond motifs is 1. The van der Waals surface area contributed by atoms with Gasteiger partial charge < -0.3 is 10.1 Å². The van der Waals surface area contributed by atoms with E-state index >= 15 is 0 Å². The lowest BCUT2D eigenvalue weighted by Crippen LogP contribution is -2.17. The van der Waals surface area contributed by atoms with Gasteiger partial charge >= 0.3 is 0 Å². The van der Waals surface area contributed by atoms with E-state index in [1.807, 2.05) is 24.3 Å². The third-order valence-electron chi connectivity index (χ3n) is 5.62. The Balaban J connectivity index is 1.59. The van der Waals surface area contributed by atoms with Gasteiger partial charge in [0.2, 0.25) is 5.91 Å². The third kappa shape index (κ3) is 3.92. The summed E-state index contributed by atoms with van der Waals surface area (Å²) in [6.45, 7) is 0. The zero-order valence-corrected chi connectivity index (χ0v) is 16.8. The van der Waals surface area contributed by atoms with Crippen molar-refractivity contribution in [1.29, 1.82) is 0 Å². The number of rotatable bonds is 6. The lowest BCUT2D eigenvalue weighted by molar-refractivity contribution is -0.116. The van der Waals surface area contributed by atoms with Crippen LogP contribution >= 0.6 is 0 Å². The van der Waals surface area contributed by atoms with Gasteiger partial charge in [0.25, 0.3) is 0 Å². The number of methoxy groups -OCH3 is 1. The Labute approximate surface area is 165 Å². The van der Waals surface area contributed by atoms with Crippen LogP contribution < -0.4 is 10.1 Å². The van der Waals surface area contributed by atoms with E-state index in [-0.39, 0.29) is 17.4 Å². The molecule has 0 radical (unpaired) electrons. The van der Waals surface area contributed by atoms with E-state index in [4.69, 9.17) is 4.74 Å². The van der Waals surface area contributed by atoms with Crippen molar-refractivity contribution in [2.45, 2.75) is 50.0 Å². The monoisotopic (exact) mass is 403 g/mol. The fourth-order valence-electron chi connectivity index (χ4n) is 4.11. The van der Waals surface area contributed by atoms with Gasteiger partial charge in [-0.2, -0.15) is 5.10 Å². The van der Waals surface area contributed by atoms with Crippen LogP contribution in [0.2, 0.25) is 0 Å². The number of hydrogen-bond donors (Lipinski definition) is 1. The first kappa shape index (κ1) is 19.0. The van der Waals surface area contributed by atoms with E-state index in [9.17, 15) is 13.2 Å². The van der Waals surface area contributed by atoms with Gasteiger partial charge in [0, 0.05) is 12.0 Å². The molecule has 0 atom stereocenters. The second kappa shape index (κ2) is 7.58. The third-order valence-corrected chi connectivity index (χ3v) is 7.06. The molecule has 1 saturated carbocycles. The van der Waals surface area contributed by atoms with Gasteiger partial charge in [0.05, 0.1) is 30.0 Å². The molecule has 1 fully saturated rings. The van der Waals surface area contributed by atoms with Gasteiger partial charge in [-0.05, 0) is 36.6 Å². The molecule has 2 aliphatic rings. The number of carbonyl (C=O) groups excluding carboxylic acids is 1. The molecule has 0 spiro atoms. The van der Waals surface area contributed by atoms with E-state index in [1.54, 1.807) is 11.8 Å². The van der Waals surface area contributed by atoms with Crippen molar-refractivity contribution in [2.75, 3.05) is 12.4 Å². The highest BCUT2D eigenvalue weighted by Crippen LogP contribution is 2.34. The van der Waals surface area contributed by atoms with Gasteiger partial charge in [-0.1, -0.05) is 25.7 Å². The van der Waals surface area contributed by atoms with Crippen LogP contribution in [0.5, 0.6) is 5.75 Å². The second-order valence-electron chi connectivity index (χ2n) is 7.65. The first-order chi connectivity index (χ1) is 13.4. The number of hydrogen-bond acceptors (Lipinski definition) is 5. The fraction of sp³-hybridized carbons (Fsp3) is 0.500. The van der Waals surface area contributed by atoms with Crippen LogP contribution in [-0.2, 0) is 26.1 Å². The summed E-state index contributed by atoms with van der Waals surface area (Å²) in [6.07, 6.45) is 6.22. The van der Waals surface area contributed by atoms with Crippen LogP contribution in [0.3, 0.4) is 0 Å². The Bertz CT molecular complexity index is 974. The Morgan fingerprint density at radius 2 is 1.93 bits per heavy atom. The quantitative estimate of drug-likeness (QED) is 0.800.